The summed E-state index contributed by atoms with van der Waals surface area (Å²) in [5, 5.41) is 14.9. The molecule has 0 bridgehead atoms. The third kappa shape index (κ3) is 2.68. The van der Waals surface area contributed by atoms with E-state index >= 15 is 0 Å². The predicted molar refractivity (Wildman–Crippen MR) is 81.8 cm³/mol. The van der Waals surface area contributed by atoms with Crippen molar-refractivity contribution in [1.82, 2.24) is 14.8 Å². The van der Waals surface area contributed by atoms with Gasteiger partial charge in [0.2, 0.25) is 0 Å². The number of benzene rings is 1. The summed E-state index contributed by atoms with van der Waals surface area (Å²) in [5.41, 5.74) is 0.937. The highest BCUT2D eigenvalue weighted by Gasteiger charge is 2.12. The Morgan fingerprint density at radius 3 is 3.00 bits per heavy atom. The van der Waals surface area contributed by atoms with Gasteiger partial charge in [-0.2, -0.15) is 5.10 Å². The van der Waals surface area contributed by atoms with Gasteiger partial charge in [0.25, 0.3) is 5.56 Å². The quantitative estimate of drug-likeness (QED) is 0.790. The average Bonchev–Trinajstić information content (AvgIpc) is 2.57. The van der Waals surface area contributed by atoms with E-state index in [0.29, 0.717) is 22.2 Å². The number of pyridine rings is 1. The molecule has 6 heteroatoms. The first-order chi connectivity index (χ1) is 10.7. The van der Waals surface area contributed by atoms with Gasteiger partial charge >= 0.3 is 0 Å². The Kier molecular flexibility index (Phi) is 3.84. The first kappa shape index (κ1) is 14.2. The van der Waals surface area contributed by atoms with Crippen molar-refractivity contribution in [1.29, 1.82) is 0 Å². The zero-order chi connectivity index (χ0) is 15.5. The molecular formula is C16H15N3O3. The third-order valence-electron chi connectivity index (χ3n) is 3.45. The smallest absolute Gasteiger partial charge is 0.276 e. The highest BCUT2D eigenvalue weighted by molar-refractivity contribution is 5.75. The number of methoxy groups -OCH3 is 1. The van der Waals surface area contributed by atoms with E-state index < -0.39 is 6.10 Å². The molecule has 0 radical (unpaired) electrons. The summed E-state index contributed by atoms with van der Waals surface area (Å²) in [6.45, 7) is 0.0663. The molecule has 1 aromatic carbocycles. The van der Waals surface area contributed by atoms with Crippen molar-refractivity contribution in [2.45, 2.75) is 12.6 Å². The minimum atomic E-state index is -0.852. The van der Waals surface area contributed by atoms with Crippen molar-refractivity contribution >= 4 is 10.9 Å². The van der Waals surface area contributed by atoms with E-state index in [1.54, 1.807) is 49.7 Å². The van der Waals surface area contributed by atoms with Gasteiger partial charge in [0, 0.05) is 6.20 Å². The second-order valence-corrected chi connectivity index (χ2v) is 4.86. The third-order valence-corrected chi connectivity index (χ3v) is 3.45. The van der Waals surface area contributed by atoms with E-state index in [1.807, 2.05) is 0 Å². The molecule has 22 heavy (non-hydrogen) atoms. The minimum absolute atomic E-state index is 0.0663. The fourth-order valence-electron chi connectivity index (χ4n) is 2.27. The predicted octanol–water partition coefficient (Wildman–Crippen LogP) is 1.53. The molecule has 0 spiro atoms. The van der Waals surface area contributed by atoms with E-state index in [-0.39, 0.29) is 12.1 Å². The van der Waals surface area contributed by atoms with Gasteiger partial charge in [-0.15, -0.1) is 0 Å². The summed E-state index contributed by atoms with van der Waals surface area (Å²) in [7, 11) is 1.56. The number of hydrogen-bond acceptors (Lipinski definition) is 5. The maximum atomic E-state index is 12.3. The molecule has 6 nitrogen and oxygen atoms in total. The lowest BCUT2D eigenvalue weighted by atomic mass is 10.1. The van der Waals surface area contributed by atoms with Crippen LogP contribution < -0.4 is 10.3 Å². The number of hydrogen-bond donors (Lipinski definition) is 1. The Balaban J connectivity index is 1.92. The van der Waals surface area contributed by atoms with Gasteiger partial charge in [-0.3, -0.25) is 9.78 Å². The van der Waals surface area contributed by atoms with Crippen LogP contribution in [0.5, 0.6) is 5.75 Å². The second-order valence-electron chi connectivity index (χ2n) is 4.86. The molecule has 2 heterocycles. The number of fused-ring (bicyclic) bond motifs is 1. The number of ether oxygens (including phenoxy) is 1. The van der Waals surface area contributed by atoms with Crippen LogP contribution >= 0.6 is 0 Å². The minimum Gasteiger partial charge on any atom is -0.497 e. The zero-order valence-electron chi connectivity index (χ0n) is 12.0. The van der Waals surface area contributed by atoms with Crippen LogP contribution in [0, 0.1) is 0 Å². The van der Waals surface area contributed by atoms with Crippen molar-refractivity contribution in [3.05, 3.63) is 64.7 Å². The van der Waals surface area contributed by atoms with Gasteiger partial charge in [-0.25, -0.2) is 4.68 Å². The molecule has 1 atom stereocenters. The van der Waals surface area contributed by atoms with Crippen LogP contribution in [0.3, 0.4) is 0 Å². The van der Waals surface area contributed by atoms with E-state index in [0.717, 1.165) is 0 Å². The largest absolute Gasteiger partial charge is 0.497 e. The summed E-state index contributed by atoms with van der Waals surface area (Å²) < 4.78 is 6.38. The Labute approximate surface area is 126 Å². The first-order valence-electron chi connectivity index (χ1n) is 6.82. The fraction of sp³-hybridized carbons (Fsp3) is 0.188. The summed E-state index contributed by atoms with van der Waals surface area (Å²) in [6.07, 6.45) is 2.28. The molecule has 0 unspecified atom stereocenters. The second kappa shape index (κ2) is 5.95. The normalized spacial score (nSPS) is 12.3. The van der Waals surface area contributed by atoms with Crippen LogP contribution in [-0.4, -0.2) is 27.0 Å². The molecule has 3 aromatic rings. The van der Waals surface area contributed by atoms with Gasteiger partial charge in [-0.1, -0.05) is 12.1 Å². The number of aromatic nitrogens is 3. The Hall–Kier alpha value is -2.73. The van der Waals surface area contributed by atoms with Gasteiger partial charge < -0.3 is 9.84 Å². The van der Waals surface area contributed by atoms with E-state index in [1.165, 1.54) is 10.9 Å². The van der Waals surface area contributed by atoms with Gasteiger partial charge in [0.15, 0.2) is 0 Å². The standard InChI is InChI=1S/C16H15N3O3/c1-22-12-5-2-4-11(8-12)15(20)10-19-16(21)13-6-3-7-17-14(13)9-18-19/h2-9,15,20H,10H2,1H3/t15-/m0/s1. The highest BCUT2D eigenvalue weighted by Crippen LogP contribution is 2.20. The summed E-state index contributed by atoms with van der Waals surface area (Å²) in [6, 6.07) is 10.5. The molecule has 1 N–H and O–H groups in total. The monoisotopic (exact) mass is 297 g/mol. The molecule has 3 rings (SSSR count). The van der Waals surface area contributed by atoms with Crippen molar-refractivity contribution in [2.75, 3.05) is 7.11 Å². The lowest BCUT2D eigenvalue weighted by Gasteiger charge is -2.13. The molecule has 112 valence electrons. The lowest BCUT2D eigenvalue weighted by molar-refractivity contribution is 0.149. The molecule has 0 saturated heterocycles. The van der Waals surface area contributed by atoms with Gasteiger partial charge in [-0.05, 0) is 29.8 Å². The molecule has 0 saturated carbocycles. The molecule has 0 fully saturated rings. The van der Waals surface area contributed by atoms with Gasteiger partial charge in [0.05, 0.1) is 36.9 Å². The number of rotatable bonds is 4. The Bertz CT molecular complexity index is 860. The molecule has 0 aliphatic carbocycles. The molecule has 0 aliphatic rings. The molecular weight excluding hydrogens is 282 g/mol. The van der Waals surface area contributed by atoms with Crippen LogP contribution in [0.2, 0.25) is 0 Å². The van der Waals surface area contributed by atoms with Crippen molar-refractivity contribution < 1.29 is 9.84 Å². The number of aliphatic hydroxyl groups excluding tert-OH is 1. The van der Waals surface area contributed by atoms with Crippen LogP contribution in [0.1, 0.15) is 11.7 Å². The number of nitrogens with zero attached hydrogens (tertiary/aromatic N) is 3. The van der Waals surface area contributed by atoms with E-state index in [2.05, 4.69) is 10.1 Å². The Morgan fingerprint density at radius 1 is 1.32 bits per heavy atom. The fourth-order valence-corrected chi connectivity index (χ4v) is 2.27. The number of aliphatic hydroxyl groups is 1. The highest BCUT2D eigenvalue weighted by atomic mass is 16.5. The zero-order valence-corrected chi connectivity index (χ0v) is 12.0. The summed E-state index contributed by atoms with van der Waals surface area (Å²) in [4.78, 5) is 16.4. The molecule has 0 amide bonds. The van der Waals surface area contributed by atoms with Crippen LogP contribution in [0.15, 0.2) is 53.6 Å². The van der Waals surface area contributed by atoms with Crippen LogP contribution in [0.4, 0.5) is 0 Å². The van der Waals surface area contributed by atoms with Crippen LogP contribution in [0.25, 0.3) is 10.9 Å². The summed E-state index contributed by atoms with van der Waals surface area (Å²) in [5.74, 6) is 0.652. The van der Waals surface area contributed by atoms with Crippen LogP contribution in [-0.2, 0) is 6.54 Å². The lowest BCUT2D eigenvalue weighted by Crippen LogP contribution is -2.25. The van der Waals surface area contributed by atoms with Crippen molar-refractivity contribution in [3.63, 3.8) is 0 Å². The van der Waals surface area contributed by atoms with E-state index in [9.17, 15) is 9.90 Å². The maximum Gasteiger partial charge on any atom is 0.276 e. The van der Waals surface area contributed by atoms with Crippen molar-refractivity contribution in [2.24, 2.45) is 0 Å². The maximum absolute atomic E-state index is 12.3. The first-order valence-corrected chi connectivity index (χ1v) is 6.82. The molecule has 2 aromatic heterocycles. The molecule has 0 aliphatic heterocycles. The summed E-state index contributed by atoms with van der Waals surface area (Å²) >= 11 is 0. The van der Waals surface area contributed by atoms with Gasteiger partial charge in [0.1, 0.15) is 5.75 Å². The van der Waals surface area contributed by atoms with Crippen molar-refractivity contribution in [3.8, 4) is 5.75 Å². The SMILES string of the molecule is COc1cccc([C@@H](O)Cn2ncc3ncccc3c2=O)c1. The Morgan fingerprint density at radius 2 is 2.18 bits per heavy atom. The average molecular weight is 297 g/mol. The topological polar surface area (TPSA) is 77.2 Å². The van der Waals surface area contributed by atoms with E-state index in [4.69, 9.17) is 4.74 Å².